The number of nitrogens with zero attached hydrogens (tertiary/aromatic N) is 2. The van der Waals surface area contributed by atoms with Crippen LogP contribution in [-0.4, -0.2) is 44.0 Å². The SMILES string of the molecule is CN1CCN(c2ccc(NC(=O)/C=C/c3ccc(Br)s3)c(C(F)(F)F)c2)CC1. The summed E-state index contributed by atoms with van der Waals surface area (Å²) in [7, 11) is 1.99. The molecule has 0 spiro atoms. The first-order valence-electron chi connectivity index (χ1n) is 8.61. The summed E-state index contributed by atoms with van der Waals surface area (Å²) in [5.74, 6) is -0.609. The van der Waals surface area contributed by atoms with Gasteiger partial charge in [-0.25, -0.2) is 0 Å². The second-order valence-electron chi connectivity index (χ2n) is 6.48. The first-order chi connectivity index (χ1) is 13.2. The van der Waals surface area contributed by atoms with Crippen LogP contribution < -0.4 is 10.2 Å². The zero-order valence-corrected chi connectivity index (χ0v) is 17.5. The molecule has 2 aromatic rings. The van der Waals surface area contributed by atoms with Crippen molar-refractivity contribution < 1.29 is 18.0 Å². The zero-order valence-electron chi connectivity index (χ0n) is 15.1. The fourth-order valence-corrected chi connectivity index (χ4v) is 4.21. The van der Waals surface area contributed by atoms with Gasteiger partial charge in [-0.05, 0) is 59.4 Å². The Labute approximate surface area is 173 Å². The van der Waals surface area contributed by atoms with Crippen molar-refractivity contribution in [1.29, 1.82) is 0 Å². The number of likely N-dealkylation sites (N-methyl/N-ethyl adjacent to an activating group) is 1. The lowest BCUT2D eigenvalue weighted by molar-refractivity contribution is -0.136. The monoisotopic (exact) mass is 473 g/mol. The van der Waals surface area contributed by atoms with Gasteiger partial charge in [-0.3, -0.25) is 4.79 Å². The summed E-state index contributed by atoms with van der Waals surface area (Å²) in [5.41, 5.74) is -0.575. The molecule has 0 unspecified atom stereocenters. The molecule has 1 saturated heterocycles. The first-order valence-corrected chi connectivity index (χ1v) is 10.2. The third-order valence-corrected chi connectivity index (χ3v) is 6.02. The van der Waals surface area contributed by atoms with E-state index in [-0.39, 0.29) is 5.69 Å². The largest absolute Gasteiger partial charge is 0.418 e. The van der Waals surface area contributed by atoms with Crippen LogP contribution in [0.4, 0.5) is 24.5 Å². The smallest absolute Gasteiger partial charge is 0.369 e. The minimum Gasteiger partial charge on any atom is -0.369 e. The van der Waals surface area contributed by atoms with Crippen LogP contribution in [0.25, 0.3) is 6.08 Å². The molecule has 2 heterocycles. The van der Waals surface area contributed by atoms with Crippen LogP contribution in [0, 0.1) is 0 Å². The number of anilines is 2. The molecule has 0 radical (unpaired) electrons. The highest BCUT2D eigenvalue weighted by atomic mass is 79.9. The van der Waals surface area contributed by atoms with E-state index in [1.165, 1.54) is 23.5 Å². The number of carbonyl (C=O) groups is 1. The lowest BCUT2D eigenvalue weighted by Gasteiger charge is -2.34. The molecule has 1 amide bonds. The van der Waals surface area contributed by atoms with Gasteiger partial charge in [-0.15, -0.1) is 11.3 Å². The number of hydrogen-bond donors (Lipinski definition) is 1. The summed E-state index contributed by atoms with van der Waals surface area (Å²) in [5, 5.41) is 2.35. The normalized spacial score (nSPS) is 16.0. The highest BCUT2D eigenvalue weighted by Gasteiger charge is 2.34. The van der Waals surface area contributed by atoms with Gasteiger partial charge in [0.05, 0.1) is 15.0 Å². The Bertz CT molecular complexity index is 874. The summed E-state index contributed by atoms with van der Waals surface area (Å²) in [6.07, 6.45) is -1.77. The van der Waals surface area contributed by atoms with E-state index in [1.807, 2.05) is 24.1 Å². The van der Waals surface area contributed by atoms with Crippen molar-refractivity contribution in [3.63, 3.8) is 0 Å². The molecule has 1 aromatic heterocycles. The van der Waals surface area contributed by atoms with Crippen LogP contribution in [0.1, 0.15) is 10.4 Å². The van der Waals surface area contributed by atoms with Gasteiger partial charge in [-0.1, -0.05) is 0 Å². The fourth-order valence-electron chi connectivity index (χ4n) is 2.89. The van der Waals surface area contributed by atoms with Crippen molar-refractivity contribution in [2.45, 2.75) is 6.18 Å². The minimum absolute atomic E-state index is 0.243. The molecule has 0 bridgehead atoms. The third kappa shape index (κ3) is 5.36. The van der Waals surface area contributed by atoms with Crippen LogP contribution in [0.15, 0.2) is 40.2 Å². The first kappa shape index (κ1) is 20.9. The Morgan fingerprint density at radius 2 is 1.89 bits per heavy atom. The van der Waals surface area contributed by atoms with E-state index in [0.717, 1.165) is 27.8 Å². The Morgan fingerprint density at radius 1 is 1.18 bits per heavy atom. The second-order valence-corrected chi connectivity index (χ2v) is 8.98. The van der Waals surface area contributed by atoms with Gasteiger partial charge in [0.25, 0.3) is 0 Å². The number of piperazine rings is 1. The van der Waals surface area contributed by atoms with Gasteiger partial charge in [0.2, 0.25) is 5.91 Å². The second kappa shape index (κ2) is 8.67. The van der Waals surface area contributed by atoms with Crippen LogP contribution in [-0.2, 0) is 11.0 Å². The summed E-state index contributed by atoms with van der Waals surface area (Å²) in [6, 6.07) is 7.70. The number of nitrogens with one attached hydrogen (secondary N) is 1. The Morgan fingerprint density at radius 3 is 2.50 bits per heavy atom. The van der Waals surface area contributed by atoms with Crippen LogP contribution in [0.2, 0.25) is 0 Å². The number of halogens is 4. The predicted octanol–water partition coefficient (Wildman–Crippen LogP) is 4.93. The fraction of sp³-hybridized carbons (Fsp3) is 0.316. The number of carbonyl (C=O) groups excluding carboxylic acids is 1. The predicted molar refractivity (Wildman–Crippen MR) is 111 cm³/mol. The molecule has 150 valence electrons. The maximum atomic E-state index is 13.6. The van der Waals surface area contributed by atoms with E-state index in [1.54, 1.807) is 12.1 Å². The van der Waals surface area contributed by atoms with E-state index in [9.17, 15) is 18.0 Å². The molecule has 28 heavy (non-hydrogen) atoms. The Hall–Kier alpha value is -1.84. The van der Waals surface area contributed by atoms with Gasteiger partial charge in [0.1, 0.15) is 0 Å². The quantitative estimate of drug-likeness (QED) is 0.639. The number of benzene rings is 1. The lowest BCUT2D eigenvalue weighted by atomic mass is 10.1. The molecule has 0 atom stereocenters. The van der Waals surface area contributed by atoms with E-state index < -0.39 is 17.6 Å². The van der Waals surface area contributed by atoms with Crippen molar-refractivity contribution >= 4 is 50.6 Å². The van der Waals surface area contributed by atoms with Crippen LogP contribution in [0.3, 0.4) is 0 Å². The lowest BCUT2D eigenvalue weighted by Crippen LogP contribution is -2.44. The average molecular weight is 474 g/mol. The molecule has 4 nitrogen and oxygen atoms in total. The Balaban J connectivity index is 1.78. The molecule has 0 saturated carbocycles. The summed E-state index contributed by atoms with van der Waals surface area (Å²) in [6.45, 7) is 2.92. The maximum Gasteiger partial charge on any atom is 0.418 e. The number of hydrogen-bond acceptors (Lipinski definition) is 4. The Kier molecular flexibility index (Phi) is 6.47. The van der Waals surface area contributed by atoms with Crippen molar-refractivity contribution in [1.82, 2.24) is 4.90 Å². The highest BCUT2D eigenvalue weighted by Crippen LogP contribution is 2.37. The van der Waals surface area contributed by atoms with Gasteiger partial charge in [-0.2, -0.15) is 13.2 Å². The molecule has 1 aromatic carbocycles. The molecule has 1 aliphatic heterocycles. The molecular formula is C19H19BrF3N3OS. The molecule has 1 aliphatic rings. The van der Waals surface area contributed by atoms with Crippen molar-refractivity contribution in [3.05, 3.63) is 50.6 Å². The molecule has 0 aliphatic carbocycles. The summed E-state index contributed by atoms with van der Waals surface area (Å²) in [4.78, 5) is 17.0. The molecule has 1 fully saturated rings. The number of thiophene rings is 1. The molecule has 3 rings (SSSR count). The highest BCUT2D eigenvalue weighted by molar-refractivity contribution is 9.11. The van der Waals surface area contributed by atoms with E-state index in [2.05, 4.69) is 26.1 Å². The molecular weight excluding hydrogens is 455 g/mol. The zero-order chi connectivity index (χ0) is 20.3. The van der Waals surface area contributed by atoms with Crippen molar-refractivity contribution in [2.75, 3.05) is 43.4 Å². The molecule has 9 heteroatoms. The van der Waals surface area contributed by atoms with E-state index in [4.69, 9.17) is 0 Å². The van der Waals surface area contributed by atoms with E-state index >= 15 is 0 Å². The van der Waals surface area contributed by atoms with Gasteiger partial charge in [0.15, 0.2) is 0 Å². The maximum absolute atomic E-state index is 13.6. The van der Waals surface area contributed by atoms with Crippen LogP contribution >= 0.6 is 27.3 Å². The standard InChI is InChI=1S/C19H19BrF3N3OS/c1-25-8-10-26(11-9-25)13-2-5-16(15(12-13)19(21,22)23)24-18(27)7-4-14-3-6-17(20)28-14/h2-7,12H,8-11H2,1H3,(H,24,27)/b7-4+. The van der Waals surface area contributed by atoms with Gasteiger partial charge >= 0.3 is 6.18 Å². The summed E-state index contributed by atoms with van der Waals surface area (Å²) >= 11 is 4.74. The van der Waals surface area contributed by atoms with Crippen molar-refractivity contribution in [3.8, 4) is 0 Å². The topological polar surface area (TPSA) is 35.6 Å². The number of rotatable bonds is 4. The van der Waals surface area contributed by atoms with Crippen LogP contribution in [0.5, 0.6) is 0 Å². The average Bonchev–Trinajstić information content (AvgIpc) is 3.05. The molecule has 1 N–H and O–H groups in total. The summed E-state index contributed by atoms with van der Waals surface area (Å²) < 4.78 is 41.6. The number of amides is 1. The third-order valence-electron chi connectivity index (χ3n) is 4.43. The van der Waals surface area contributed by atoms with Gasteiger partial charge in [0, 0.05) is 42.8 Å². The van der Waals surface area contributed by atoms with E-state index in [0.29, 0.717) is 18.8 Å². The van der Waals surface area contributed by atoms with Gasteiger partial charge < -0.3 is 15.1 Å². The number of alkyl halides is 3. The minimum atomic E-state index is -4.56. The van der Waals surface area contributed by atoms with Crippen molar-refractivity contribution in [2.24, 2.45) is 0 Å².